The summed E-state index contributed by atoms with van der Waals surface area (Å²) in [6.07, 6.45) is -9.54. The van der Waals surface area contributed by atoms with E-state index >= 15 is 0 Å². The summed E-state index contributed by atoms with van der Waals surface area (Å²) in [7, 11) is 0. The second kappa shape index (κ2) is 4.42. The monoisotopic (exact) mass is 300 g/mol. The zero-order chi connectivity index (χ0) is 14.4. The van der Waals surface area contributed by atoms with Crippen molar-refractivity contribution in [1.82, 2.24) is 0 Å². The number of benzene rings is 1. The van der Waals surface area contributed by atoms with Gasteiger partial charge in [-0.2, -0.15) is 17.6 Å². The Morgan fingerprint density at radius 3 is 2.11 bits per heavy atom. The van der Waals surface area contributed by atoms with E-state index in [0.29, 0.717) is 5.56 Å². The Hall–Kier alpha value is -1.21. The van der Waals surface area contributed by atoms with Crippen LogP contribution in [0.5, 0.6) is 11.5 Å². The predicted molar refractivity (Wildman–Crippen MR) is 58.1 cm³/mol. The zero-order valence-electron chi connectivity index (χ0n) is 9.59. The van der Waals surface area contributed by atoms with E-state index in [9.17, 15) is 17.6 Å². The first-order valence-corrected chi connectivity index (χ1v) is 5.63. The molecule has 1 heterocycles. The third-order valence-electron chi connectivity index (χ3n) is 2.68. The topological polar surface area (TPSA) is 38.7 Å². The van der Waals surface area contributed by atoms with Crippen LogP contribution in [0.15, 0.2) is 12.1 Å². The first kappa shape index (κ1) is 14.2. The van der Waals surface area contributed by atoms with Gasteiger partial charge in [-0.3, -0.25) is 0 Å². The van der Waals surface area contributed by atoms with Crippen molar-refractivity contribution in [1.29, 1.82) is 0 Å². The lowest BCUT2D eigenvalue weighted by molar-refractivity contribution is -0.391. The van der Waals surface area contributed by atoms with Crippen LogP contribution in [-0.4, -0.2) is 23.9 Å². The fourth-order valence-electron chi connectivity index (χ4n) is 1.58. The molecular formula is C11H9ClF4O3. The Morgan fingerprint density at radius 2 is 1.63 bits per heavy atom. The van der Waals surface area contributed by atoms with Crippen molar-refractivity contribution < 1.29 is 32.1 Å². The lowest BCUT2D eigenvalue weighted by Gasteiger charge is -2.32. The summed E-state index contributed by atoms with van der Waals surface area (Å²) in [5.74, 6) is -1.58. The van der Waals surface area contributed by atoms with Crippen LogP contribution in [-0.2, 0) is 0 Å². The Balaban J connectivity index is 2.48. The number of fused-ring (bicyclic) bond motifs is 1. The first-order valence-electron chi connectivity index (χ1n) is 5.26. The molecule has 19 heavy (non-hydrogen) atoms. The molecule has 0 amide bonds. The molecule has 106 valence electrons. The van der Waals surface area contributed by atoms with Crippen molar-refractivity contribution in [3.63, 3.8) is 0 Å². The molecule has 1 unspecified atom stereocenters. The third-order valence-corrected chi connectivity index (χ3v) is 3.01. The number of aliphatic hydroxyl groups excluding tert-OH is 1. The van der Waals surface area contributed by atoms with Crippen LogP contribution < -0.4 is 9.47 Å². The van der Waals surface area contributed by atoms with Crippen LogP contribution in [0.3, 0.4) is 0 Å². The van der Waals surface area contributed by atoms with Crippen molar-refractivity contribution in [3.8, 4) is 11.5 Å². The molecule has 3 nitrogen and oxygen atoms in total. The second-order valence-corrected chi connectivity index (χ2v) is 4.55. The van der Waals surface area contributed by atoms with Gasteiger partial charge in [0.1, 0.15) is 0 Å². The smallest absolute Gasteiger partial charge is 0.421 e. The maximum absolute atomic E-state index is 13.0. The highest BCUT2D eigenvalue weighted by molar-refractivity contribution is 6.31. The fourth-order valence-corrected chi connectivity index (χ4v) is 1.92. The Labute approximate surface area is 110 Å². The summed E-state index contributed by atoms with van der Waals surface area (Å²) in [5.41, 5.74) is 0.299. The van der Waals surface area contributed by atoms with Crippen molar-refractivity contribution in [2.75, 3.05) is 6.61 Å². The van der Waals surface area contributed by atoms with Gasteiger partial charge in [-0.25, -0.2) is 0 Å². The van der Waals surface area contributed by atoms with E-state index in [-0.39, 0.29) is 11.6 Å². The van der Waals surface area contributed by atoms with E-state index in [1.165, 1.54) is 0 Å². The molecule has 0 radical (unpaired) electrons. The molecule has 0 saturated carbocycles. The normalized spacial score (nSPS) is 21.0. The predicted octanol–water partition coefficient (Wildman–Crippen LogP) is 3.39. The minimum Gasteiger partial charge on any atom is -0.421 e. The van der Waals surface area contributed by atoms with E-state index in [2.05, 4.69) is 9.47 Å². The summed E-state index contributed by atoms with van der Waals surface area (Å²) < 4.78 is 59.8. The molecule has 1 aromatic rings. The summed E-state index contributed by atoms with van der Waals surface area (Å²) in [6.45, 7) is 1.30. The molecule has 1 atom stereocenters. The minimum absolute atomic E-state index is 0.0184. The molecule has 1 N–H and O–H groups in total. The fraction of sp³-hybridized carbons (Fsp3) is 0.455. The van der Waals surface area contributed by atoms with Gasteiger partial charge in [-0.1, -0.05) is 18.5 Å². The Kier molecular flexibility index (Phi) is 3.30. The molecule has 0 saturated heterocycles. The number of halogens is 5. The van der Waals surface area contributed by atoms with Crippen LogP contribution in [0.25, 0.3) is 0 Å². The lowest BCUT2D eigenvalue weighted by atomic mass is 10.0. The maximum Gasteiger partial charge on any atom is 0.507 e. The van der Waals surface area contributed by atoms with Gasteiger partial charge in [0.05, 0.1) is 0 Å². The zero-order valence-corrected chi connectivity index (χ0v) is 10.3. The van der Waals surface area contributed by atoms with Crippen molar-refractivity contribution in [3.05, 3.63) is 22.7 Å². The van der Waals surface area contributed by atoms with Crippen LogP contribution in [0, 0.1) is 0 Å². The summed E-state index contributed by atoms with van der Waals surface area (Å²) >= 11 is 5.82. The Morgan fingerprint density at radius 1 is 1.16 bits per heavy atom. The standard InChI is InChI=1S/C11H9ClF4O3/c1-5(4-17)6-2-8-9(3-7(6)12)19-11(15,16)10(13,14)18-8/h2-3,5,17H,4H2,1H3. The average Bonchev–Trinajstić information content (AvgIpc) is 2.29. The number of aliphatic hydroxyl groups is 1. The van der Waals surface area contributed by atoms with Gasteiger partial charge in [0, 0.05) is 23.6 Å². The largest absolute Gasteiger partial charge is 0.507 e. The molecule has 2 rings (SSSR count). The average molecular weight is 301 g/mol. The SMILES string of the molecule is CC(CO)c1cc2c(cc1Cl)OC(F)(F)C(F)(F)O2. The molecule has 1 aromatic carbocycles. The highest BCUT2D eigenvalue weighted by Gasteiger charge is 2.66. The molecule has 1 aliphatic rings. The highest BCUT2D eigenvalue weighted by atomic mass is 35.5. The van der Waals surface area contributed by atoms with Crippen molar-refractivity contribution in [2.45, 2.75) is 25.1 Å². The number of rotatable bonds is 2. The third kappa shape index (κ3) is 2.32. The van der Waals surface area contributed by atoms with Crippen LogP contribution in [0.4, 0.5) is 17.6 Å². The van der Waals surface area contributed by atoms with Crippen molar-refractivity contribution in [2.24, 2.45) is 0 Å². The van der Waals surface area contributed by atoms with E-state index in [1.54, 1.807) is 6.92 Å². The molecule has 0 fully saturated rings. The molecule has 1 aliphatic heterocycles. The van der Waals surface area contributed by atoms with Crippen LogP contribution in [0.1, 0.15) is 18.4 Å². The number of alkyl halides is 4. The number of ether oxygens (including phenoxy) is 2. The van der Waals surface area contributed by atoms with E-state index in [1.807, 2.05) is 0 Å². The van der Waals surface area contributed by atoms with Gasteiger partial charge in [-0.15, -0.1) is 0 Å². The van der Waals surface area contributed by atoms with Gasteiger partial charge in [0.2, 0.25) is 0 Å². The molecular weight excluding hydrogens is 292 g/mol. The number of hydrogen-bond acceptors (Lipinski definition) is 3. The van der Waals surface area contributed by atoms with E-state index in [4.69, 9.17) is 16.7 Å². The highest BCUT2D eigenvalue weighted by Crippen LogP contribution is 2.49. The van der Waals surface area contributed by atoms with Gasteiger partial charge in [-0.05, 0) is 11.6 Å². The van der Waals surface area contributed by atoms with Crippen molar-refractivity contribution >= 4 is 11.6 Å². The second-order valence-electron chi connectivity index (χ2n) is 4.14. The molecule has 0 bridgehead atoms. The van der Waals surface area contributed by atoms with E-state index < -0.39 is 29.6 Å². The quantitative estimate of drug-likeness (QED) is 0.851. The molecule has 0 aromatic heterocycles. The number of hydrogen-bond donors (Lipinski definition) is 1. The molecule has 0 aliphatic carbocycles. The van der Waals surface area contributed by atoms with Crippen LogP contribution in [0.2, 0.25) is 5.02 Å². The van der Waals surface area contributed by atoms with Gasteiger partial charge in [0.15, 0.2) is 11.5 Å². The van der Waals surface area contributed by atoms with E-state index in [0.717, 1.165) is 12.1 Å². The molecule has 0 spiro atoms. The molecule has 8 heteroatoms. The Bertz CT molecular complexity index is 507. The van der Waals surface area contributed by atoms with Gasteiger partial charge < -0.3 is 14.6 Å². The maximum atomic E-state index is 13.0. The lowest BCUT2D eigenvalue weighted by Crippen LogP contribution is -2.52. The minimum atomic E-state index is -4.77. The summed E-state index contributed by atoms with van der Waals surface area (Å²) in [4.78, 5) is 0. The summed E-state index contributed by atoms with van der Waals surface area (Å²) in [6, 6.07) is 2.02. The first-order chi connectivity index (χ1) is 8.68. The van der Waals surface area contributed by atoms with Crippen LogP contribution >= 0.6 is 11.6 Å². The van der Waals surface area contributed by atoms with Gasteiger partial charge >= 0.3 is 12.2 Å². The van der Waals surface area contributed by atoms with Gasteiger partial charge in [0.25, 0.3) is 0 Å². The summed E-state index contributed by atoms with van der Waals surface area (Å²) in [5, 5.41) is 9.02.